The van der Waals surface area contributed by atoms with Gasteiger partial charge in [0.25, 0.3) is 5.91 Å². The molecule has 3 aromatic carbocycles. The molecule has 0 saturated carbocycles. The van der Waals surface area contributed by atoms with E-state index in [2.05, 4.69) is 21.9 Å². The molecule has 0 aromatic heterocycles. The summed E-state index contributed by atoms with van der Waals surface area (Å²) in [4.78, 5) is 32.1. The SMILES string of the molecule is COc1ccc(N2CCN([C@@H]3CC(=O)N(c4cccc5ccccc45)C3=O)CC2)cc1. The summed E-state index contributed by atoms with van der Waals surface area (Å²) in [6.45, 7) is 3.13. The second-order valence-corrected chi connectivity index (χ2v) is 8.01. The summed E-state index contributed by atoms with van der Waals surface area (Å²) in [5.74, 6) is 0.606. The molecule has 0 bridgehead atoms. The highest BCUT2D eigenvalue weighted by molar-refractivity contribution is 6.25. The number of hydrogen-bond donors (Lipinski definition) is 0. The highest BCUT2D eigenvalue weighted by Crippen LogP contribution is 2.32. The molecule has 2 fully saturated rings. The van der Waals surface area contributed by atoms with Gasteiger partial charge in [-0.05, 0) is 35.7 Å². The Kier molecular flexibility index (Phi) is 5.08. The summed E-state index contributed by atoms with van der Waals surface area (Å²) in [5.41, 5.74) is 1.83. The number of imide groups is 1. The van der Waals surface area contributed by atoms with Crippen LogP contribution in [-0.2, 0) is 9.59 Å². The second kappa shape index (κ2) is 8.04. The summed E-state index contributed by atoms with van der Waals surface area (Å²) in [5, 5.41) is 1.95. The Morgan fingerprint density at radius 2 is 1.55 bits per heavy atom. The number of carbonyl (C=O) groups is 2. The molecule has 2 heterocycles. The van der Waals surface area contributed by atoms with Crippen molar-refractivity contribution in [2.24, 2.45) is 0 Å². The summed E-state index contributed by atoms with van der Waals surface area (Å²) < 4.78 is 5.24. The Labute approximate surface area is 181 Å². The number of piperazine rings is 1. The number of carbonyl (C=O) groups excluding carboxylic acids is 2. The third-order valence-corrected chi connectivity index (χ3v) is 6.32. The van der Waals surface area contributed by atoms with E-state index in [-0.39, 0.29) is 24.3 Å². The van der Waals surface area contributed by atoms with Gasteiger partial charge in [-0.1, -0.05) is 36.4 Å². The van der Waals surface area contributed by atoms with E-state index in [1.165, 1.54) is 4.90 Å². The van der Waals surface area contributed by atoms with Crippen LogP contribution in [0.3, 0.4) is 0 Å². The van der Waals surface area contributed by atoms with Crippen molar-refractivity contribution < 1.29 is 14.3 Å². The van der Waals surface area contributed by atoms with Gasteiger partial charge >= 0.3 is 0 Å². The quantitative estimate of drug-likeness (QED) is 0.612. The van der Waals surface area contributed by atoms with Gasteiger partial charge in [-0.2, -0.15) is 0 Å². The van der Waals surface area contributed by atoms with Crippen LogP contribution >= 0.6 is 0 Å². The first kappa shape index (κ1) is 19.6. The van der Waals surface area contributed by atoms with Crippen LogP contribution in [0.15, 0.2) is 66.7 Å². The lowest BCUT2D eigenvalue weighted by atomic mass is 10.1. The zero-order valence-corrected chi connectivity index (χ0v) is 17.5. The zero-order valence-electron chi connectivity index (χ0n) is 17.5. The molecule has 5 rings (SSSR count). The molecule has 1 atom stereocenters. The van der Waals surface area contributed by atoms with Crippen molar-refractivity contribution in [2.75, 3.05) is 43.1 Å². The minimum Gasteiger partial charge on any atom is -0.497 e. The molecule has 0 N–H and O–H groups in total. The molecule has 0 unspecified atom stereocenters. The highest BCUT2D eigenvalue weighted by atomic mass is 16.5. The first-order valence-corrected chi connectivity index (χ1v) is 10.6. The summed E-state index contributed by atoms with van der Waals surface area (Å²) in [6, 6.07) is 21.3. The average molecular weight is 415 g/mol. The van der Waals surface area contributed by atoms with Crippen LogP contribution in [0, 0.1) is 0 Å². The predicted octanol–water partition coefficient (Wildman–Crippen LogP) is 3.30. The van der Waals surface area contributed by atoms with Crippen LogP contribution < -0.4 is 14.5 Å². The maximum atomic E-state index is 13.3. The Morgan fingerprint density at radius 3 is 2.29 bits per heavy atom. The Hall–Kier alpha value is -3.38. The van der Waals surface area contributed by atoms with Crippen molar-refractivity contribution in [3.8, 4) is 5.75 Å². The second-order valence-electron chi connectivity index (χ2n) is 8.01. The van der Waals surface area contributed by atoms with Crippen LogP contribution in [0.1, 0.15) is 6.42 Å². The lowest BCUT2D eigenvalue weighted by Crippen LogP contribution is -2.52. The molecule has 3 aromatic rings. The van der Waals surface area contributed by atoms with Gasteiger partial charge < -0.3 is 9.64 Å². The third-order valence-electron chi connectivity index (χ3n) is 6.32. The van der Waals surface area contributed by atoms with E-state index in [0.717, 1.165) is 48.4 Å². The number of amides is 2. The standard InChI is InChI=1S/C25H25N3O3/c1-31-20-11-9-19(10-12-20)26-13-15-27(16-14-26)23-17-24(29)28(25(23)30)22-8-4-6-18-5-2-3-7-21(18)22/h2-12,23H,13-17H2,1H3/t23-/m1/s1. The van der Waals surface area contributed by atoms with E-state index < -0.39 is 0 Å². The summed E-state index contributed by atoms with van der Waals surface area (Å²) in [6.07, 6.45) is 0.241. The molecule has 2 aliphatic rings. The predicted molar refractivity (Wildman–Crippen MR) is 122 cm³/mol. The largest absolute Gasteiger partial charge is 0.497 e. The van der Waals surface area contributed by atoms with Crippen LogP contribution in [0.4, 0.5) is 11.4 Å². The van der Waals surface area contributed by atoms with E-state index >= 15 is 0 Å². The lowest BCUT2D eigenvalue weighted by Gasteiger charge is -2.38. The summed E-state index contributed by atoms with van der Waals surface area (Å²) >= 11 is 0. The topological polar surface area (TPSA) is 53.1 Å². The summed E-state index contributed by atoms with van der Waals surface area (Å²) in [7, 11) is 1.66. The van der Waals surface area contributed by atoms with Crippen LogP contribution in [0.25, 0.3) is 10.8 Å². The number of ether oxygens (including phenoxy) is 1. The maximum absolute atomic E-state index is 13.3. The molecule has 2 aliphatic heterocycles. The molecule has 0 radical (unpaired) electrons. The van der Waals surface area contributed by atoms with Crippen molar-refractivity contribution >= 4 is 34.0 Å². The maximum Gasteiger partial charge on any atom is 0.251 e. The molecule has 31 heavy (non-hydrogen) atoms. The van der Waals surface area contributed by atoms with Gasteiger partial charge in [0.1, 0.15) is 5.75 Å². The van der Waals surface area contributed by atoms with E-state index in [1.807, 2.05) is 54.6 Å². The monoisotopic (exact) mass is 415 g/mol. The molecule has 2 amide bonds. The average Bonchev–Trinajstić information content (AvgIpc) is 3.12. The molecule has 158 valence electrons. The smallest absolute Gasteiger partial charge is 0.251 e. The van der Waals surface area contributed by atoms with Gasteiger partial charge in [-0.3, -0.25) is 14.5 Å². The number of fused-ring (bicyclic) bond motifs is 1. The first-order valence-electron chi connectivity index (χ1n) is 10.6. The molecule has 6 nitrogen and oxygen atoms in total. The Bertz CT molecular complexity index is 1120. The fraction of sp³-hybridized carbons (Fsp3) is 0.280. The van der Waals surface area contributed by atoms with Crippen LogP contribution in [-0.4, -0.2) is 56.0 Å². The molecule has 2 saturated heterocycles. The number of rotatable bonds is 4. The molecule has 0 spiro atoms. The molecule has 0 aliphatic carbocycles. The van der Waals surface area contributed by atoms with Crippen molar-refractivity contribution in [2.45, 2.75) is 12.5 Å². The van der Waals surface area contributed by atoms with E-state index in [9.17, 15) is 9.59 Å². The van der Waals surface area contributed by atoms with Gasteiger partial charge in [-0.15, -0.1) is 0 Å². The fourth-order valence-electron chi connectivity index (χ4n) is 4.64. The van der Waals surface area contributed by atoms with Crippen molar-refractivity contribution in [1.29, 1.82) is 0 Å². The van der Waals surface area contributed by atoms with E-state index in [1.54, 1.807) is 7.11 Å². The van der Waals surface area contributed by atoms with Gasteiger partial charge in [0, 0.05) is 37.3 Å². The van der Waals surface area contributed by atoms with Crippen molar-refractivity contribution in [3.05, 3.63) is 66.7 Å². The van der Waals surface area contributed by atoms with Crippen molar-refractivity contribution in [3.63, 3.8) is 0 Å². The number of methoxy groups -OCH3 is 1. The number of nitrogens with zero attached hydrogens (tertiary/aromatic N) is 3. The highest BCUT2D eigenvalue weighted by Gasteiger charge is 2.43. The van der Waals surface area contributed by atoms with Gasteiger partial charge in [0.2, 0.25) is 5.91 Å². The minimum atomic E-state index is -0.385. The third kappa shape index (κ3) is 3.53. The number of hydrogen-bond acceptors (Lipinski definition) is 5. The first-order chi connectivity index (χ1) is 15.2. The molecule has 6 heteroatoms. The Balaban J connectivity index is 1.31. The molecular formula is C25H25N3O3. The normalized spacial score (nSPS) is 20.0. The van der Waals surface area contributed by atoms with Crippen molar-refractivity contribution in [1.82, 2.24) is 4.90 Å². The van der Waals surface area contributed by atoms with E-state index in [4.69, 9.17) is 4.74 Å². The fourth-order valence-corrected chi connectivity index (χ4v) is 4.64. The van der Waals surface area contributed by atoms with Gasteiger partial charge in [0.05, 0.1) is 25.3 Å². The van der Waals surface area contributed by atoms with Gasteiger partial charge in [-0.25, -0.2) is 4.90 Å². The lowest BCUT2D eigenvalue weighted by molar-refractivity contribution is -0.123. The number of anilines is 2. The molecular weight excluding hydrogens is 390 g/mol. The van der Waals surface area contributed by atoms with E-state index in [0.29, 0.717) is 5.69 Å². The zero-order chi connectivity index (χ0) is 21.4. The Morgan fingerprint density at radius 1 is 0.839 bits per heavy atom. The van der Waals surface area contributed by atoms with Crippen LogP contribution in [0.2, 0.25) is 0 Å². The van der Waals surface area contributed by atoms with Gasteiger partial charge in [0.15, 0.2) is 0 Å². The minimum absolute atomic E-state index is 0.112. The van der Waals surface area contributed by atoms with Crippen LogP contribution in [0.5, 0.6) is 5.75 Å². The number of benzene rings is 3.